The van der Waals surface area contributed by atoms with Crippen molar-refractivity contribution in [1.82, 2.24) is 0 Å². The Morgan fingerprint density at radius 2 is 2.23 bits per heavy atom. The second-order valence-corrected chi connectivity index (χ2v) is 3.54. The molecule has 0 fully saturated rings. The van der Waals surface area contributed by atoms with Crippen LogP contribution in [0.5, 0.6) is 5.75 Å². The lowest BCUT2D eigenvalue weighted by atomic mass is 10.1. The molecular formula is C9H13NO2S. The second-order valence-electron chi connectivity index (χ2n) is 2.69. The molecule has 3 nitrogen and oxygen atoms in total. The largest absolute Gasteiger partial charge is 0.506 e. The standard InChI is InChI=1S/C9H13NO2S/c1-13-8-4-2-3-6(9(8)12)7(10)5-11/h2-4,7,11-12H,5,10H2,1H3/t7-/m1/s1. The van der Waals surface area contributed by atoms with Crippen LogP contribution in [0.4, 0.5) is 0 Å². The van der Waals surface area contributed by atoms with Gasteiger partial charge >= 0.3 is 0 Å². The topological polar surface area (TPSA) is 66.5 Å². The fourth-order valence-electron chi connectivity index (χ4n) is 1.10. The summed E-state index contributed by atoms with van der Waals surface area (Å²) in [6, 6.07) is 4.84. The predicted octanol–water partition coefficient (Wildman–Crippen LogP) is 1.11. The fraction of sp³-hybridized carbons (Fsp3) is 0.333. The Morgan fingerprint density at radius 1 is 1.54 bits per heavy atom. The van der Waals surface area contributed by atoms with Crippen molar-refractivity contribution in [3.05, 3.63) is 23.8 Å². The average Bonchev–Trinajstić information content (AvgIpc) is 2.17. The summed E-state index contributed by atoms with van der Waals surface area (Å²) < 4.78 is 0. The van der Waals surface area contributed by atoms with E-state index in [1.807, 2.05) is 18.4 Å². The summed E-state index contributed by atoms with van der Waals surface area (Å²) in [6.45, 7) is -0.161. The summed E-state index contributed by atoms with van der Waals surface area (Å²) in [5.41, 5.74) is 6.19. The number of nitrogens with two attached hydrogens (primary N) is 1. The van der Waals surface area contributed by atoms with Crippen LogP contribution in [0.2, 0.25) is 0 Å². The molecule has 4 heteroatoms. The smallest absolute Gasteiger partial charge is 0.133 e. The van der Waals surface area contributed by atoms with Gasteiger partial charge in [-0.05, 0) is 12.3 Å². The van der Waals surface area contributed by atoms with E-state index in [-0.39, 0.29) is 12.4 Å². The Bertz CT molecular complexity index is 291. The van der Waals surface area contributed by atoms with Crippen LogP contribution in [-0.4, -0.2) is 23.1 Å². The van der Waals surface area contributed by atoms with E-state index in [9.17, 15) is 5.11 Å². The van der Waals surface area contributed by atoms with E-state index in [1.54, 1.807) is 6.07 Å². The van der Waals surface area contributed by atoms with Crippen molar-refractivity contribution in [3.8, 4) is 5.75 Å². The van der Waals surface area contributed by atoms with Gasteiger partial charge in [-0.3, -0.25) is 0 Å². The number of aliphatic hydroxyl groups is 1. The lowest BCUT2D eigenvalue weighted by molar-refractivity contribution is 0.265. The molecule has 0 amide bonds. The zero-order chi connectivity index (χ0) is 9.84. The van der Waals surface area contributed by atoms with Gasteiger partial charge in [-0.1, -0.05) is 12.1 Å². The first-order valence-corrected chi connectivity index (χ1v) is 5.15. The highest BCUT2D eigenvalue weighted by Crippen LogP contribution is 2.32. The minimum absolute atomic E-state index is 0.161. The molecule has 0 saturated heterocycles. The van der Waals surface area contributed by atoms with Crippen molar-refractivity contribution in [2.75, 3.05) is 12.9 Å². The highest BCUT2D eigenvalue weighted by molar-refractivity contribution is 7.98. The van der Waals surface area contributed by atoms with Gasteiger partial charge in [0.2, 0.25) is 0 Å². The van der Waals surface area contributed by atoms with Gasteiger partial charge in [-0.2, -0.15) is 0 Å². The van der Waals surface area contributed by atoms with Crippen LogP contribution < -0.4 is 5.73 Å². The van der Waals surface area contributed by atoms with E-state index in [1.165, 1.54) is 11.8 Å². The van der Waals surface area contributed by atoms with E-state index in [0.717, 1.165) is 4.90 Å². The first kappa shape index (κ1) is 10.4. The van der Waals surface area contributed by atoms with Gasteiger partial charge < -0.3 is 15.9 Å². The van der Waals surface area contributed by atoms with Crippen LogP contribution in [0.25, 0.3) is 0 Å². The molecule has 0 aliphatic heterocycles. The maximum Gasteiger partial charge on any atom is 0.133 e. The molecule has 0 aliphatic rings. The SMILES string of the molecule is CSc1cccc([C@H](N)CO)c1O. The van der Waals surface area contributed by atoms with E-state index >= 15 is 0 Å². The maximum atomic E-state index is 9.68. The van der Waals surface area contributed by atoms with Gasteiger partial charge in [0.05, 0.1) is 12.6 Å². The summed E-state index contributed by atoms with van der Waals surface area (Å²) in [4.78, 5) is 0.779. The lowest BCUT2D eigenvalue weighted by Gasteiger charge is -2.12. The molecule has 0 radical (unpaired) electrons. The van der Waals surface area contributed by atoms with Crippen LogP contribution in [0.3, 0.4) is 0 Å². The monoisotopic (exact) mass is 199 g/mol. The third kappa shape index (κ3) is 2.15. The Morgan fingerprint density at radius 3 is 2.77 bits per heavy atom. The van der Waals surface area contributed by atoms with Crippen molar-refractivity contribution in [2.45, 2.75) is 10.9 Å². The molecule has 0 saturated carbocycles. The minimum atomic E-state index is -0.507. The first-order chi connectivity index (χ1) is 6.20. The molecule has 1 aromatic carbocycles. The summed E-state index contributed by atoms with van der Waals surface area (Å²) >= 11 is 1.45. The molecule has 72 valence electrons. The second kappa shape index (κ2) is 4.50. The van der Waals surface area contributed by atoms with Gasteiger partial charge in [-0.15, -0.1) is 11.8 Å². The van der Waals surface area contributed by atoms with E-state index in [2.05, 4.69) is 0 Å². The molecule has 0 heterocycles. The Kier molecular flexibility index (Phi) is 3.59. The van der Waals surface area contributed by atoms with E-state index in [0.29, 0.717) is 5.56 Å². The number of aliphatic hydroxyl groups excluding tert-OH is 1. The highest BCUT2D eigenvalue weighted by atomic mass is 32.2. The van der Waals surface area contributed by atoms with Gasteiger partial charge in [0.25, 0.3) is 0 Å². The third-order valence-corrected chi connectivity index (χ3v) is 2.62. The average molecular weight is 199 g/mol. The first-order valence-electron chi connectivity index (χ1n) is 3.93. The number of hydrogen-bond donors (Lipinski definition) is 3. The normalized spacial score (nSPS) is 12.8. The molecule has 0 bridgehead atoms. The highest BCUT2D eigenvalue weighted by Gasteiger charge is 2.11. The minimum Gasteiger partial charge on any atom is -0.506 e. The molecule has 1 rings (SSSR count). The fourth-order valence-corrected chi connectivity index (χ4v) is 1.63. The van der Waals surface area contributed by atoms with Crippen molar-refractivity contribution in [1.29, 1.82) is 0 Å². The van der Waals surface area contributed by atoms with Crippen molar-refractivity contribution >= 4 is 11.8 Å². The van der Waals surface area contributed by atoms with Crippen LogP contribution in [0, 0.1) is 0 Å². The summed E-state index contributed by atoms with van der Waals surface area (Å²) in [5.74, 6) is 0.177. The molecule has 1 aromatic rings. The van der Waals surface area contributed by atoms with Crippen molar-refractivity contribution in [2.24, 2.45) is 5.73 Å². The number of hydrogen-bond acceptors (Lipinski definition) is 4. The van der Waals surface area contributed by atoms with Crippen LogP contribution in [-0.2, 0) is 0 Å². The summed E-state index contributed by atoms with van der Waals surface area (Å²) in [5, 5.41) is 18.5. The predicted molar refractivity (Wildman–Crippen MR) is 53.9 cm³/mol. The number of aromatic hydroxyl groups is 1. The van der Waals surface area contributed by atoms with Gasteiger partial charge in [0.1, 0.15) is 5.75 Å². The number of phenolic OH excluding ortho intramolecular Hbond substituents is 1. The number of thioether (sulfide) groups is 1. The Labute approximate surface area is 81.6 Å². The van der Waals surface area contributed by atoms with Crippen molar-refractivity contribution in [3.63, 3.8) is 0 Å². The molecule has 0 aliphatic carbocycles. The number of phenols is 1. The summed E-state index contributed by atoms with van der Waals surface area (Å²) in [7, 11) is 0. The van der Waals surface area contributed by atoms with E-state index in [4.69, 9.17) is 10.8 Å². The van der Waals surface area contributed by atoms with Crippen LogP contribution >= 0.6 is 11.8 Å². The van der Waals surface area contributed by atoms with Gasteiger partial charge in [-0.25, -0.2) is 0 Å². The zero-order valence-electron chi connectivity index (χ0n) is 7.40. The van der Waals surface area contributed by atoms with Crippen LogP contribution in [0.15, 0.2) is 23.1 Å². The molecule has 1 atom stereocenters. The van der Waals surface area contributed by atoms with Crippen molar-refractivity contribution < 1.29 is 10.2 Å². The number of rotatable bonds is 3. The molecule has 13 heavy (non-hydrogen) atoms. The number of para-hydroxylation sites is 1. The quantitative estimate of drug-likeness (QED) is 0.638. The van der Waals surface area contributed by atoms with E-state index < -0.39 is 6.04 Å². The zero-order valence-corrected chi connectivity index (χ0v) is 8.21. The molecule has 4 N–H and O–H groups in total. The maximum absolute atomic E-state index is 9.68. The molecular weight excluding hydrogens is 186 g/mol. The molecule has 0 aromatic heterocycles. The van der Waals surface area contributed by atoms with Gasteiger partial charge in [0, 0.05) is 10.5 Å². The Hall–Kier alpha value is -0.710. The lowest BCUT2D eigenvalue weighted by Crippen LogP contribution is -2.14. The third-order valence-electron chi connectivity index (χ3n) is 1.85. The summed E-state index contributed by atoms with van der Waals surface area (Å²) in [6.07, 6.45) is 1.88. The molecule has 0 unspecified atom stereocenters. The van der Waals surface area contributed by atoms with Crippen LogP contribution in [0.1, 0.15) is 11.6 Å². The Balaban J connectivity index is 3.08. The van der Waals surface area contributed by atoms with Gasteiger partial charge in [0.15, 0.2) is 0 Å². The number of benzene rings is 1. The molecule has 0 spiro atoms.